The van der Waals surface area contributed by atoms with Gasteiger partial charge in [-0.05, 0) is 35.8 Å². The van der Waals surface area contributed by atoms with Crippen LogP contribution in [0.15, 0.2) is 29.0 Å². The van der Waals surface area contributed by atoms with Gasteiger partial charge in [-0.15, -0.1) is 0 Å². The molecule has 0 aliphatic heterocycles. The minimum absolute atomic E-state index is 0.206. The third-order valence-corrected chi connectivity index (χ3v) is 3.53. The Hall–Kier alpha value is -1.27. The van der Waals surface area contributed by atoms with E-state index >= 15 is 0 Å². The van der Waals surface area contributed by atoms with Crippen molar-refractivity contribution in [1.82, 2.24) is 14.8 Å². The summed E-state index contributed by atoms with van der Waals surface area (Å²) in [6, 6.07) is 4.88. The first kappa shape index (κ1) is 14.1. The summed E-state index contributed by atoms with van der Waals surface area (Å²) in [6.45, 7) is 4.03. The summed E-state index contributed by atoms with van der Waals surface area (Å²) in [5, 5.41) is 4.15. The van der Waals surface area contributed by atoms with Crippen molar-refractivity contribution in [3.63, 3.8) is 0 Å². The first-order valence-corrected chi connectivity index (χ1v) is 6.88. The van der Waals surface area contributed by atoms with Gasteiger partial charge in [0.05, 0.1) is 4.47 Å². The lowest BCUT2D eigenvalue weighted by molar-refractivity contribution is 0.488. The lowest BCUT2D eigenvalue weighted by atomic mass is 10.0. The number of halogens is 2. The van der Waals surface area contributed by atoms with Gasteiger partial charge >= 0.3 is 0 Å². The summed E-state index contributed by atoms with van der Waals surface area (Å²) in [5.74, 6) is 0.451. The van der Waals surface area contributed by atoms with E-state index in [0.29, 0.717) is 16.5 Å². The van der Waals surface area contributed by atoms with Crippen LogP contribution < -0.4 is 5.73 Å². The standard InChI is InChI=1S/C13H16BrFN4/c1-8(2)19-12(17-7-18-19)6-11(16)9-4-3-5-10(14)13(9)15/h3-5,7-8,11H,6,16H2,1-2H3. The second kappa shape index (κ2) is 5.79. The van der Waals surface area contributed by atoms with Gasteiger partial charge in [-0.25, -0.2) is 14.1 Å². The van der Waals surface area contributed by atoms with Crippen LogP contribution >= 0.6 is 15.9 Å². The van der Waals surface area contributed by atoms with Gasteiger partial charge in [-0.2, -0.15) is 5.10 Å². The third-order valence-electron chi connectivity index (χ3n) is 2.92. The maximum Gasteiger partial charge on any atom is 0.142 e. The van der Waals surface area contributed by atoms with Crippen molar-refractivity contribution in [2.45, 2.75) is 32.4 Å². The van der Waals surface area contributed by atoms with Crippen molar-refractivity contribution in [3.05, 3.63) is 46.2 Å². The Morgan fingerprint density at radius 1 is 1.42 bits per heavy atom. The molecule has 1 atom stereocenters. The van der Waals surface area contributed by atoms with E-state index in [1.807, 2.05) is 13.8 Å². The summed E-state index contributed by atoms with van der Waals surface area (Å²) in [7, 11) is 0. The van der Waals surface area contributed by atoms with Crippen molar-refractivity contribution in [3.8, 4) is 0 Å². The summed E-state index contributed by atoms with van der Waals surface area (Å²) < 4.78 is 16.2. The Kier molecular flexibility index (Phi) is 4.31. The van der Waals surface area contributed by atoms with Crippen molar-refractivity contribution in [2.75, 3.05) is 0 Å². The van der Waals surface area contributed by atoms with Crippen LogP contribution in [0, 0.1) is 5.82 Å². The van der Waals surface area contributed by atoms with E-state index in [1.165, 1.54) is 6.33 Å². The highest BCUT2D eigenvalue weighted by Gasteiger charge is 2.17. The molecule has 0 saturated carbocycles. The van der Waals surface area contributed by atoms with Gasteiger partial charge in [0.1, 0.15) is 18.0 Å². The molecule has 0 fully saturated rings. The fraction of sp³-hybridized carbons (Fsp3) is 0.385. The molecule has 0 spiro atoms. The van der Waals surface area contributed by atoms with Gasteiger partial charge in [0.15, 0.2) is 0 Å². The fourth-order valence-corrected chi connectivity index (χ4v) is 2.35. The van der Waals surface area contributed by atoms with Crippen molar-refractivity contribution in [2.24, 2.45) is 5.73 Å². The zero-order valence-electron chi connectivity index (χ0n) is 10.8. The molecular formula is C13H16BrFN4. The largest absolute Gasteiger partial charge is 0.323 e. The van der Waals surface area contributed by atoms with Crippen LogP contribution in [0.4, 0.5) is 4.39 Å². The maximum atomic E-state index is 14.0. The Balaban J connectivity index is 2.23. The van der Waals surface area contributed by atoms with E-state index in [1.54, 1.807) is 22.9 Å². The van der Waals surface area contributed by atoms with Crippen LogP contribution in [-0.2, 0) is 6.42 Å². The molecule has 1 aromatic carbocycles. The fourth-order valence-electron chi connectivity index (χ4n) is 1.97. The second-order valence-electron chi connectivity index (χ2n) is 4.67. The van der Waals surface area contributed by atoms with Gasteiger partial charge in [-0.1, -0.05) is 12.1 Å². The van der Waals surface area contributed by atoms with E-state index in [-0.39, 0.29) is 11.9 Å². The number of hydrogen-bond donors (Lipinski definition) is 1. The van der Waals surface area contributed by atoms with E-state index < -0.39 is 6.04 Å². The predicted molar refractivity (Wildman–Crippen MR) is 75.1 cm³/mol. The quantitative estimate of drug-likeness (QED) is 0.939. The van der Waals surface area contributed by atoms with E-state index in [4.69, 9.17) is 5.73 Å². The van der Waals surface area contributed by atoms with Gasteiger partial charge in [0, 0.05) is 24.1 Å². The molecule has 1 aromatic heterocycles. The minimum atomic E-state index is -0.445. The molecule has 102 valence electrons. The van der Waals surface area contributed by atoms with Crippen LogP contribution in [0.5, 0.6) is 0 Å². The second-order valence-corrected chi connectivity index (χ2v) is 5.52. The average molecular weight is 327 g/mol. The number of aromatic nitrogens is 3. The predicted octanol–water partition coefficient (Wildman–Crippen LogP) is 3.00. The highest BCUT2D eigenvalue weighted by Crippen LogP contribution is 2.24. The molecule has 0 aliphatic rings. The highest BCUT2D eigenvalue weighted by molar-refractivity contribution is 9.10. The van der Waals surface area contributed by atoms with Gasteiger partial charge in [-0.3, -0.25) is 0 Å². The average Bonchev–Trinajstić information content (AvgIpc) is 2.80. The monoisotopic (exact) mass is 326 g/mol. The normalized spacial score (nSPS) is 12.9. The van der Waals surface area contributed by atoms with Gasteiger partial charge < -0.3 is 5.73 Å². The van der Waals surface area contributed by atoms with Crippen LogP contribution in [-0.4, -0.2) is 14.8 Å². The van der Waals surface area contributed by atoms with Crippen LogP contribution in [0.3, 0.4) is 0 Å². The zero-order chi connectivity index (χ0) is 14.0. The Bertz CT molecular complexity index is 568. The molecule has 2 N–H and O–H groups in total. The smallest absolute Gasteiger partial charge is 0.142 e. The lowest BCUT2D eigenvalue weighted by Crippen LogP contribution is -2.19. The molecule has 0 saturated heterocycles. The van der Waals surface area contributed by atoms with Crippen LogP contribution in [0.1, 0.15) is 37.3 Å². The molecule has 1 heterocycles. The summed E-state index contributed by atoms with van der Waals surface area (Å²) in [6.07, 6.45) is 1.95. The molecule has 4 nitrogen and oxygen atoms in total. The van der Waals surface area contributed by atoms with Crippen LogP contribution in [0.25, 0.3) is 0 Å². The molecular weight excluding hydrogens is 311 g/mol. The Labute approximate surface area is 120 Å². The van der Waals surface area contributed by atoms with E-state index in [0.717, 1.165) is 5.82 Å². The molecule has 0 amide bonds. The Morgan fingerprint density at radius 2 is 2.16 bits per heavy atom. The number of rotatable bonds is 4. The molecule has 1 unspecified atom stereocenters. The summed E-state index contributed by atoms with van der Waals surface area (Å²) >= 11 is 3.17. The molecule has 0 radical (unpaired) electrons. The molecule has 6 heteroatoms. The van der Waals surface area contributed by atoms with Crippen molar-refractivity contribution >= 4 is 15.9 Å². The number of hydrogen-bond acceptors (Lipinski definition) is 3. The van der Waals surface area contributed by atoms with Gasteiger partial charge in [0.25, 0.3) is 0 Å². The number of nitrogens with two attached hydrogens (primary N) is 1. The molecule has 0 aliphatic carbocycles. The molecule has 0 bridgehead atoms. The number of benzene rings is 1. The van der Waals surface area contributed by atoms with Crippen molar-refractivity contribution in [1.29, 1.82) is 0 Å². The zero-order valence-corrected chi connectivity index (χ0v) is 12.4. The topological polar surface area (TPSA) is 56.7 Å². The van der Waals surface area contributed by atoms with Crippen LogP contribution in [0.2, 0.25) is 0 Å². The van der Waals surface area contributed by atoms with Gasteiger partial charge in [0.2, 0.25) is 0 Å². The Morgan fingerprint density at radius 3 is 2.84 bits per heavy atom. The van der Waals surface area contributed by atoms with Crippen molar-refractivity contribution < 1.29 is 4.39 Å². The minimum Gasteiger partial charge on any atom is -0.323 e. The molecule has 2 aromatic rings. The highest BCUT2D eigenvalue weighted by atomic mass is 79.9. The first-order chi connectivity index (χ1) is 9.00. The van der Waals surface area contributed by atoms with E-state index in [2.05, 4.69) is 26.0 Å². The number of nitrogens with zero attached hydrogens (tertiary/aromatic N) is 3. The van der Waals surface area contributed by atoms with E-state index in [9.17, 15) is 4.39 Å². The summed E-state index contributed by atoms with van der Waals surface area (Å²) in [5.41, 5.74) is 6.56. The maximum absolute atomic E-state index is 14.0. The lowest BCUT2D eigenvalue weighted by Gasteiger charge is -2.15. The first-order valence-electron chi connectivity index (χ1n) is 6.08. The third kappa shape index (κ3) is 3.01. The molecule has 19 heavy (non-hydrogen) atoms. The molecule has 2 rings (SSSR count). The SMILES string of the molecule is CC(C)n1ncnc1CC(N)c1cccc(Br)c1F. The summed E-state index contributed by atoms with van der Waals surface area (Å²) in [4.78, 5) is 4.19.